The van der Waals surface area contributed by atoms with E-state index < -0.39 is 0 Å². The van der Waals surface area contributed by atoms with Crippen LogP contribution in [0.2, 0.25) is 0 Å². The van der Waals surface area contributed by atoms with Gasteiger partial charge in [-0.1, -0.05) is 47.5 Å². The molecule has 0 heterocycles. The smallest absolute Gasteiger partial charge is 0.00957 e. The summed E-state index contributed by atoms with van der Waals surface area (Å²) in [6, 6.07) is 8.83. The summed E-state index contributed by atoms with van der Waals surface area (Å²) in [7, 11) is 0. The van der Waals surface area contributed by atoms with E-state index in [-0.39, 0.29) is 0 Å². The number of rotatable bonds is 6. The molecule has 0 radical (unpaired) electrons. The second-order valence-corrected chi connectivity index (χ2v) is 6.05. The van der Waals surface area contributed by atoms with Crippen molar-refractivity contribution in [1.29, 1.82) is 0 Å². The van der Waals surface area contributed by atoms with Gasteiger partial charge in [-0.2, -0.15) is 0 Å². The van der Waals surface area contributed by atoms with Crippen LogP contribution in [-0.4, -0.2) is 11.1 Å². The molecule has 0 aromatic heterocycles. The second kappa shape index (κ2) is 6.70. The van der Waals surface area contributed by atoms with Crippen LogP contribution in [0.3, 0.4) is 0 Å². The van der Waals surface area contributed by atoms with Crippen LogP contribution < -0.4 is 0 Å². The van der Waals surface area contributed by atoms with Crippen molar-refractivity contribution in [3.05, 3.63) is 29.8 Å². The lowest BCUT2D eigenvalue weighted by Crippen LogP contribution is -2.23. The van der Waals surface area contributed by atoms with Crippen molar-refractivity contribution in [1.82, 2.24) is 0 Å². The van der Waals surface area contributed by atoms with Gasteiger partial charge in [0.2, 0.25) is 0 Å². The summed E-state index contributed by atoms with van der Waals surface area (Å²) in [5.41, 5.74) is 1.79. The first-order valence-corrected chi connectivity index (χ1v) is 8.02. The van der Waals surface area contributed by atoms with Gasteiger partial charge in [-0.25, -0.2) is 0 Å². The number of alkyl halides is 1. The van der Waals surface area contributed by atoms with Crippen molar-refractivity contribution in [2.24, 2.45) is 5.41 Å². The molecule has 0 aliphatic carbocycles. The molecule has 0 amide bonds. The standard InChI is InChI=1S/C14H21BrS/c1-4-14(5-2,10-15)11-16-13-8-6-12(3)7-9-13/h6-9H,4-5,10-11H2,1-3H3. The number of thioether (sulfide) groups is 1. The van der Waals surface area contributed by atoms with Crippen LogP contribution in [0.25, 0.3) is 0 Å². The van der Waals surface area contributed by atoms with Gasteiger partial charge in [0.15, 0.2) is 0 Å². The third kappa shape index (κ3) is 3.81. The van der Waals surface area contributed by atoms with Crippen LogP contribution in [-0.2, 0) is 0 Å². The Morgan fingerprint density at radius 2 is 1.69 bits per heavy atom. The first kappa shape index (κ1) is 14.1. The van der Waals surface area contributed by atoms with Crippen molar-refractivity contribution in [3.8, 4) is 0 Å². The predicted molar refractivity (Wildman–Crippen MR) is 78.7 cm³/mol. The van der Waals surface area contributed by atoms with E-state index in [1.54, 1.807) is 0 Å². The van der Waals surface area contributed by atoms with Crippen molar-refractivity contribution in [3.63, 3.8) is 0 Å². The zero-order valence-corrected chi connectivity index (χ0v) is 12.8. The highest BCUT2D eigenvalue weighted by atomic mass is 79.9. The molecule has 90 valence electrons. The number of halogens is 1. The Bertz CT molecular complexity index is 293. The summed E-state index contributed by atoms with van der Waals surface area (Å²) >= 11 is 5.65. The molecule has 0 aliphatic rings. The molecule has 0 aliphatic heterocycles. The molecule has 0 nitrogen and oxygen atoms in total. The minimum Gasteiger partial charge on any atom is -0.126 e. The molecule has 0 saturated carbocycles. The van der Waals surface area contributed by atoms with Gasteiger partial charge >= 0.3 is 0 Å². The quantitative estimate of drug-likeness (QED) is 0.508. The fraction of sp³-hybridized carbons (Fsp3) is 0.571. The predicted octanol–water partition coefficient (Wildman–Crippen LogP) is 5.29. The molecule has 0 saturated heterocycles. The second-order valence-electron chi connectivity index (χ2n) is 4.44. The highest BCUT2D eigenvalue weighted by molar-refractivity contribution is 9.09. The third-order valence-corrected chi connectivity index (χ3v) is 5.90. The van der Waals surface area contributed by atoms with E-state index in [1.165, 1.54) is 29.1 Å². The van der Waals surface area contributed by atoms with Gasteiger partial charge < -0.3 is 0 Å². The molecule has 0 unspecified atom stereocenters. The third-order valence-electron chi connectivity index (χ3n) is 3.35. The van der Waals surface area contributed by atoms with Crippen LogP contribution in [0.15, 0.2) is 29.2 Å². The van der Waals surface area contributed by atoms with E-state index in [0.29, 0.717) is 5.41 Å². The fourth-order valence-electron chi connectivity index (χ4n) is 1.55. The lowest BCUT2D eigenvalue weighted by atomic mass is 9.87. The summed E-state index contributed by atoms with van der Waals surface area (Å²) in [6.07, 6.45) is 2.49. The molecule has 2 heteroatoms. The monoisotopic (exact) mass is 300 g/mol. The minimum atomic E-state index is 0.454. The fourth-order valence-corrected chi connectivity index (χ4v) is 4.12. The molecule has 16 heavy (non-hydrogen) atoms. The van der Waals surface area contributed by atoms with E-state index in [0.717, 1.165) is 5.33 Å². The Balaban J connectivity index is 2.58. The van der Waals surface area contributed by atoms with Gasteiger partial charge in [0.1, 0.15) is 0 Å². The number of aryl methyl sites for hydroxylation is 1. The van der Waals surface area contributed by atoms with Crippen molar-refractivity contribution < 1.29 is 0 Å². The van der Waals surface area contributed by atoms with Crippen molar-refractivity contribution in [2.45, 2.75) is 38.5 Å². The van der Waals surface area contributed by atoms with Crippen LogP contribution in [0.1, 0.15) is 32.3 Å². The van der Waals surface area contributed by atoms with E-state index in [9.17, 15) is 0 Å². The van der Waals surface area contributed by atoms with Gasteiger partial charge in [-0.05, 0) is 37.3 Å². The first-order valence-electron chi connectivity index (χ1n) is 5.91. The molecular formula is C14H21BrS. The Hall–Kier alpha value is 0.0500. The normalized spacial score (nSPS) is 11.8. The van der Waals surface area contributed by atoms with E-state index in [2.05, 4.69) is 61.0 Å². The van der Waals surface area contributed by atoms with Crippen LogP contribution in [0.4, 0.5) is 0 Å². The summed E-state index contributed by atoms with van der Waals surface area (Å²) in [6.45, 7) is 6.72. The lowest BCUT2D eigenvalue weighted by Gasteiger charge is -2.29. The topological polar surface area (TPSA) is 0 Å². The van der Waals surface area contributed by atoms with Crippen LogP contribution >= 0.6 is 27.7 Å². The zero-order valence-electron chi connectivity index (χ0n) is 10.4. The molecule has 0 spiro atoms. The Labute approximate surface area is 112 Å². The molecule has 0 N–H and O–H groups in total. The number of benzene rings is 1. The maximum atomic E-state index is 3.67. The Morgan fingerprint density at radius 1 is 1.12 bits per heavy atom. The van der Waals surface area contributed by atoms with Gasteiger partial charge in [-0.3, -0.25) is 0 Å². The maximum Gasteiger partial charge on any atom is 0.00957 e. The maximum absolute atomic E-state index is 3.67. The van der Waals surface area contributed by atoms with Crippen LogP contribution in [0, 0.1) is 12.3 Å². The zero-order chi connectivity index (χ0) is 12.0. The summed E-state index contributed by atoms with van der Waals surface area (Å²) in [4.78, 5) is 1.39. The average Bonchev–Trinajstić information content (AvgIpc) is 2.34. The summed E-state index contributed by atoms with van der Waals surface area (Å²) in [5.74, 6) is 1.20. The molecule has 0 bridgehead atoms. The van der Waals surface area contributed by atoms with Gasteiger partial charge in [0.25, 0.3) is 0 Å². The van der Waals surface area contributed by atoms with E-state index in [4.69, 9.17) is 0 Å². The highest BCUT2D eigenvalue weighted by Crippen LogP contribution is 2.35. The van der Waals surface area contributed by atoms with E-state index in [1.807, 2.05) is 11.8 Å². The van der Waals surface area contributed by atoms with E-state index >= 15 is 0 Å². The van der Waals surface area contributed by atoms with Gasteiger partial charge in [0.05, 0.1) is 0 Å². The summed E-state index contributed by atoms with van der Waals surface area (Å²) in [5, 5.41) is 1.10. The molecular weight excluding hydrogens is 280 g/mol. The van der Waals surface area contributed by atoms with Gasteiger partial charge in [0, 0.05) is 16.0 Å². The first-order chi connectivity index (χ1) is 7.65. The molecule has 1 aromatic carbocycles. The van der Waals surface area contributed by atoms with Crippen molar-refractivity contribution in [2.75, 3.05) is 11.1 Å². The number of hydrogen-bond donors (Lipinski definition) is 0. The Morgan fingerprint density at radius 3 is 2.12 bits per heavy atom. The SMILES string of the molecule is CCC(CC)(CBr)CSc1ccc(C)cc1. The largest absolute Gasteiger partial charge is 0.126 e. The van der Waals surface area contributed by atoms with Crippen LogP contribution in [0.5, 0.6) is 0 Å². The molecule has 0 fully saturated rings. The number of hydrogen-bond acceptors (Lipinski definition) is 1. The highest BCUT2D eigenvalue weighted by Gasteiger charge is 2.24. The molecule has 1 rings (SSSR count). The minimum absolute atomic E-state index is 0.454. The van der Waals surface area contributed by atoms with Gasteiger partial charge in [-0.15, -0.1) is 11.8 Å². The Kier molecular flexibility index (Phi) is 5.91. The summed E-state index contributed by atoms with van der Waals surface area (Å²) < 4.78 is 0. The molecule has 0 atom stereocenters. The average molecular weight is 301 g/mol. The lowest BCUT2D eigenvalue weighted by molar-refractivity contribution is 0.359. The van der Waals surface area contributed by atoms with Crippen molar-refractivity contribution >= 4 is 27.7 Å². The molecule has 1 aromatic rings.